The standard InChI is InChI=1S/C21H28N2O3S/c1-15-11-16(2)13-20(12-15)23(27(5,25)26)18(4)21(24)22-14-17(3)19-9-7-6-8-10-19/h6-13,17-18H,14H2,1-5H3,(H,22,24)/t17-,18-/m1/s1. The molecule has 5 nitrogen and oxygen atoms in total. The van der Waals surface area contributed by atoms with E-state index in [0.717, 1.165) is 22.9 Å². The maximum atomic E-state index is 12.7. The molecule has 2 atom stereocenters. The lowest BCUT2D eigenvalue weighted by Crippen LogP contribution is -2.48. The van der Waals surface area contributed by atoms with E-state index >= 15 is 0 Å². The summed E-state index contributed by atoms with van der Waals surface area (Å²) in [4.78, 5) is 12.7. The summed E-state index contributed by atoms with van der Waals surface area (Å²) in [6.07, 6.45) is 1.13. The Balaban J connectivity index is 2.17. The Hall–Kier alpha value is -2.34. The summed E-state index contributed by atoms with van der Waals surface area (Å²) in [7, 11) is -3.61. The fourth-order valence-corrected chi connectivity index (χ4v) is 4.35. The van der Waals surface area contributed by atoms with Crippen molar-refractivity contribution in [3.05, 3.63) is 65.2 Å². The average molecular weight is 389 g/mol. The minimum absolute atomic E-state index is 0.134. The second-order valence-electron chi connectivity index (χ2n) is 7.14. The molecule has 0 saturated heterocycles. The molecule has 2 aromatic carbocycles. The first-order valence-corrected chi connectivity index (χ1v) is 10.8. The number of benzene rings is 2. The lowest BCUT2D eigenvalue weighted by molar-refractivity contribution is -0.121. The highest BCUT2D eigenvalue weighted by Gasteiger charge is 2.29. The van der Waals surface area contributed by atoms with Crippen LogP contribution in [0.3, 0.4) is 0 Å². The van der Waals surface area contributed by atoms with E-state index in [1.54, 1.807) is 19.1 Å². The van der Waals surface area contributed by atoms with Crippen LogP contribution in [0.2, 0.25) is 0 Å². The van der Waals surface area contributed by atoms with E-state index in [9.17, 15) is 13.2 Å². The highest BCUT2D eigenvalue weighted by atomic mass is 32.2. The first kappa shape index (κ1) is 21.0. The number of carbonyl (C=O) groups excluding carboxylic acids is 1. The molecule has 0 unspecified atom stereocenters. The van der Waals surface area contributed by atoms with E-state index in [1.165, 1.54) is 4.31 Å². The molecule has 2 rings (SSSR count). The predicted octanol–water partition coefficient (Wildman–Crippen LogP) is 3.38. The molecule has 0 aliphatic rings. The summed E-state index contributed by atoms with van der Waals surface area (Å²) < 4.78 is 26.0. The molecule has 6 heteroatoms. The van der Waals surface area contributed by atoms with Crippen molar-refractivity contribution >= 4 is 21.6 Å². The van der Waals surface area contributed by atoms with Crippen LogP contribution in [0.4, 0.5) is 5.69 Å². The van der Waals surface area contributed by atoms with Gasteiger partial charge in [0.25, 0.3) is 0 Å². The van der Waals surface area contributed by atoms with Crippen LogP contribution in [0.15, 0.2) is 48.5 Å². The third-order valence-electron chi connectivity index (χ3n) is 4.50. The first-order valence-electron chi connectivity index (χ1n) is 9.00. The van der Waals surface area contributed by atoms with E-state index in [1.807, 2.05) is 57.2 Å². The molecule has 1 N–H and O–H groups in total. The normalized spacial score (nSPS) is 13.7. The van der Waals surface area contributed by atoms with Gasteiger partial charge in [0.1, 0.15) is 6.04 Å². The number of amides is 1. The summed E-state index contributed by atoms with van der Waals surface area (Å²) in [6, 6.07) is 14.6. The Kier molecular flexibility index (Phi) is 6.65. The highest BCUT2D eigenvalue weighted by molar-refractivity contribution is 7.92. The molecular formula is C21H28N2O3S. The minimum Gasteiger partial charge on any atom is -0.354 e. The SMILES string of the molecule is Cc1cc(C)cc(N([C@H](C)C(=O)NC[C@@H](C)c2ccccc2)S(C)(=O)=O)c1. The summed E-state index contributed by atoms with van der Waals surface area (Å²) in [5.41, 5.74) is 3.53. The van der Waals surface area contributed by atoms with Crippen LogP contribution in [0.1, 0.15) is 36.5 Å². The number of anilines is 1. The van der Waals surface area contributed by atoms with Gasteiger partial charge in [-0.2, -0.15) is 0 Å². The Morgan fingerprint density at radius 1 is 1.04 bits per heavy atom. The number of hydrogen-bond donors (Lipinski definition) is 1. The molecule has 0 bridgehead atoms. The van der Waals surface area contributed by atoms with Crippen LogP contribution in [0.25, 0.3) is 0 Å². The summed E-state index contributed by atoms with van der Waals surface area (Å²) in [6.45, 7) is 7.89. The molecular weight excluding hydrogens is 360 g/mol. The number of hydrogen-bond acceptors (Lipinski definition) is 3. The molecule has 0 aliphatic heterocycles. The van der Waals surface area contributed by atoms with Crippen molar-refractivity contribution in [3.63, 3.8) is 0 Å². The summed E-state index contributed by atoms with van der Waals surface area (Å²) in [5, 5.41) is 2.89. The zero-order valence-electron chi connectivity index (χ0n) is 16.6. The molecule has 1 amide bonds. The van der Waals surface area contributed by atoms with Gasteiger partial charge in [-0.15, -0.1) is 0 Å². The van der Waals surface area contributed by atoms with E-state index in [0.29, 0.717) is 12.2 Å². The van der Waals surface area contributed by atoms with Gasteiger partial charge in [-0.1, -0.05) is 43.3 Å². The van der Waals surface area contributed by atoms with Gasteiger partial charge in [0, 0.05) is 6.54 Å². The second-order valence-corrected chi connectivity index (χ2v) is 9.00. The number of rotatable bonds is 7. The monoisotopic (exact) mass is 388 g/mol. The van der Waals surface area contributed by atoms with Crippen LogP contribution < -0.4 is 9.62 Å². The van der Waals surface area contributed by atoms with Crippen molar-refractivity contribution in [2.75, 3.05) is 17.1 Å². The summed E-state index contributed by atoms with van der Waals surface area (Å²) in [5.74, 6) is -0.183. The van der Waals surface area contributed by atoms with E-state index in [-0.39, 0.29) is 11.8 Å². The first-order chi connectivity index (χ1) is 12.6. The van der Waals surface area contributed by atoms with Crippen LogP contribution in [0.5, 0.6) is 0 Å². The number of nitrogens with one attached hydrogen (secondary N) is 1. The predicted molar refractivity (Wildman–Crippen MR) is 111 cm³/mol. The van der Waals surface area contributed by atoms with Gasteiger partial charge in [-0.3, -0.25) is 9.10 Å². The quantitative estimate of drug-likeness (QED) is 0.791. The van der Waals surface area contributed by atoms with E-state index < -0.39 is 16.1 Å². The Morgan fingerprint density at radius 2 is 1.59 bits per heavy atom. The molecule has 0 heterocycles. The van der Waals surface area contributed by atoms with Crippen molar-refractivity contribution in [3.8, 4) is 0 Å². The molecule has 0 saturated carbocycles. The maximum absolute atomic E-state index is 12.7. The van der Waals surface area contributed by atoms with Gasteiger partial charge in [0.2, 0.25) is 15.9 Å². The average Bonchev–Trinajstić information content (AvgIpc) is 2.58. The highest BCUT2D eigenvalue weighted by Crippen LogP contribution is 2.24. The largest absolute Gasteiger partial charge is 0.354 e. The van der Waals surface area contributed by atoms with Crippen molar-refractivity contribution < 1.29 is 13.2 Å². The van der Waals surface area contributed by atoms with E-state index in [4.69, 9.17) is 0 Å². The fourth-order valence-electron chi connectivity index (χ4n) is 3.19. The topological polar surface area (TPSA) is 66.5 Å². The van der Waals surface area contributed by atoms with Crippen molar-refractivity contribution in [2.45, 2.75) is 39.7 Å². The Labute approximate surface area is 162 Å². The second kappa shape index (κ2) is 8.57. The third-order valence-corrected chi connectivity index (χ3v) is 5.74. The molecule has 0 fully saturated rings. The number of sulfonamides is 1. The van der Waals surface area contributed by atoms with Crippen LogP contribution in [-0.4, -0.2) is 33.2 Å². The van der Waals surface area contributed by atoms with Crippen molar-refractivity contribution in [2.24, 2.45) is 0 Å². The maximum Gasteiger partial charge on any atom is 0.243 e. The smallest absolute Gasteiger partial charge is 0.243 e. The van der Waals surface area contributed by atoms with Crippen molar-refractivity contribution in [1.82, 2.24) is 5.32 Å². The van der Waals surface area contributed by atoms with Crippen LogP contribution >= 0.6 is 0 Å². The van der Waals surface area contributed by atoms with E-state index in [2.05, 4.69) is 5.32 Å². The molecule has 2 aromatic rings. The number of nitrogens with zero attached hydrogens (tertiary/aromatic N) is 1. The van der Waals surface area contributed by atoms with Gasteiger partial charge >= 0.3 is 0 Å². The van der Waals surface area contributed by atoms with Gasteiger partial charge in [0.05, 0.1) is 11.9 Å². The van der Waals surface area contributed by atoms with Gasteiger partial charge in [-0.25, -0.2) is 8.42 Å². The van der Waals surface area contributed by atoms with Crippen LogP contribution in [0, 0.1) is 13.8 Å². The molecule has 0 aliphatic carbocycles. The lowest BCUT2D eigenvalue weighted by Gasteiger charge is -2.29. The lowest BCUT2D eigenvalue weighted by atomic mass is 10.0. The van der Waals surface area contributed by atoms with Gasteiger partial charge in [-0.05, 0) is 55.5 Å². The molecule has 0 aromatic heterocycles. The zero-order chi connectivity index (χ0) is 20.2. The summed E-state index contributed by atoms with van der Waals surface area (Å²) >= 11 is 0. The van der Waals surface area contributed by atoms with Gasteiger partial charge in [0.15, 0.2) is 0 Å². The van der Waals surface area contributed by atoms with Crippen molar-refractivity contribution in [1.29, 1.82) is 0 Å². The van der Waals surface area contributed by atoms with Gasteiger partial charge < -0.3 is 5.32 Å². The number of aryl methyl sites for hydroxylation is 2. The fraction of sp³-hybridized carbons (Fsp3) is 0.381. The Bertz CT molecular complexity index is 875. The molecule has 146 valence electrons. The molecule has 0 radical (unpaired) electrons. The minimum atomic E-state index is -3.61. The third kappa shape index (κ3) is 5.57. The molecule has 0 spiro atoms. The zero-order valence-corrected chi connectivity index (χ0v) is 17.4. The number of carbonyl (C=O) groups is 1. The Morgan fingerprint density at radius 3 is 2.11 bits per heavy atom. The van der Waals surface area contributed by atoms with Crippen LogP contribution in [-0.2, 0) is 14.8 Å². The molecule has 27 heavy (non-hydrogen) atoms.